The SMILES string of the molecule is CCn1c(SCC(=O)Nc2sc3c(c2C(N)=O)CCCC3)nnc1-c1ccncc1. The van der Waals surface area contributed by atoms with Crippen molar-refractivity contribution in [1.82, 2.24) is 19.7 Å². The van der Waals surface area contributed by atoms with Gasteiger partial charge in [0, 0.05) is 29.4 Å². The van der Waals surface area contributed by atoms with Crippen molar-refractivity contribution in [3.63, 3.8) is 0 Å². The number of hydrogen-bond acceptors (Lipinski definition) is 7. The third-order valence-electron chi connectivity index (χ3n) is 4.97. The Balaban J connectivity index is 1.47. The predicted molar refractivity (Wildman–Crippen MR) is 118 cm³/mol. The monoisotopic (exact) mass is 442 g/mol. The minimum absolute atomic E-state index is 0.162. The maximum absolute atomic E-state index is 12.6. The fourth-order valence-electron chi connectivity index (χ4n) is 3.60. The van der Waals surface area contributed by atoms with Crippen molar-refractivity contribution < 1.29 is 9.59 Å². The van der Waals surface area contributed by atoms with Gasteiger partial charge in [0.2, 0.25) is 5.91 Å². The third kappa shape index (κ3) is 4.10. The van der Waals surface area contributed by atoms with Crippen LogP contribution in [0.5, 0.6) is 0 Å². The zero-order chi connectivity index (χ0) is 21.1. The van der Waals surface area contributed by atoms with Crippen LogP contribution >= 0.6 is 23.1 Å². The van der Waals surface area contributed by atoms with Crippen LogP contribution in [0.15, 0.2) is 29.7 Å². The van der Waals surface area contributed by atoms with E-state index in [-0.39, 0.29) is 11.7 Å². The van der Waals surface area contributed by atoms with Crippen LogP contribution in [0.1, 0.15) is 40.6 Å². The Bertz CT molecular complexity index is 1080. The number of carbonyl (C=O) groups excluding carboxylic acids is 2. The van der Waals surface area contributed by atoms with Crippen molar-refractivity contribution in [2.75, 3.05) is 11.1 Å². The molecule has 8 nitrogen and oxygen atoms in total. The number of aromatic nitrogens is 4. The van der Waals surface area contributed by atoms with E-state index in [9.17, 15) is 9.59 Å². The van der Waals surface area contributed by atoms with Gasteiger partial charge in [-0.15, -0.1) is 21.5 Å². The molecule has 156 valence electrons. The van der Waals surface area contributed by atoms with Gasteiger partial charge < -0.3 is 15.6 Å². The maximum Gasteiger partial charge on any atom is 0.251 e. The minimum atomic E-state index is -0.481. The van der Waals surface area contributed by atoms with E-state index in [2.05, 4.69) is 20.5 Å². The fourth-order valence-corrected chi connectivity index (χ4v) is 5.72. The number of amides is 2. The number of hydrogen-bond donors (Lipinski definition) is 2. The zero-order valence-corrected chi connectivity index (χ0v) is 18.2. The number of nitrogens with two attached hydrogens (primary N) is 1. The smallest absolute Gasteiger partial charge is 0.251 e. The van der Waals surface area contributed by atoms with E-state index < -0.39 is 5.91 Å². The molecule has 0 saturated carbocycles. The van der Waals surface area contributed by atoms with Gasteiger partial charge in [-0.25, -0.2) is 0 Å². The van der Waals surface area contributed by atoms with Gasteiger partial charge in [0.1, 0.15) is 5.00 Å². The van der Waals surface area contributed by atoms with Gasteiger partial charge in [-0.3, -0.25) is 14.6 Å². The van der Waals surface area contributed by atoms with E-state index in [4.69, 9.17) is 5.73 Å². The van der Waals surface area contributed by atoms with E-state index >= 15 is 0 Å². The van der Waals surface area contributed by atoms with Gasteiger partial charge in [-0.2, -0.15) is 0 Å². The van der Waals surface area contributed by atoms with Gasteiger partial charge in [0.05, 0.1) is 11.3 Å². The highest BCUT2D eigenvalue weighted by molar-refractivity contribution is 7.99. The first-order valence-corrected chi connectivity index (χ1v) is 11.6. The highest BCUT2D eigenvalue weighted by Crippen LogP contribution is 2.38. The second kappa shape index (κ2) is 8.97. The minimum Gasteiger partial charge on any atom is -0.365 e. The Hall–Kier alpha value is -2.72. The second-order valence-corrected chi connectivity index (χ2v) is 8.95. The average molecular weight is 443 g/mol. The van der Waals surface area contributed by atoms with Crippen molar-refractivity contribution in [1.29, 1.82) is 0 Å². The molecule has 3 aromatic heterocycles. The highest BCUT2D eigenvalue weighted by Gasteiger charge is 2.25. The molecule has 30 heavy (non-hydrogen) atoms. The summed E-state index contributed by atoms with van der Waals surface area (Å²) in [6.45, 7) is 2.69. The van der Waals surface area contributed by atoms with Gasteiger partial charge in [-0.1, -0.05) is 11.8 Å². The van der Waals surface area contributed by atoms with Gasteiger partial charge in [-0.05, 0) is 50.3 Å². The Morgan fingerprint density at radius 3 is 2.73 bits per heavy atom. The summed E-state index contributed by atoms with van der Waals surface area (Å²) < 4.78 is 1.96. The number of anilines is 1. The number of aryl methyl sites for hydroxylation is 1. The van der Waals surface area contributed by atoms with Crippen LogP contribution in [-0.2, 0) is 24.2 Å². The first-order valence-electron chi connectivity index (χ1n) is 9.79. The summed E-state index contributed by atoms with van der Waals surface area (Å²) in [5, 5.41) is 12.6. The molecular weight excluding hydrogens is 420 g/mol. The highest BCUT2D eigenvalue weighted by atomic mass is 32.2. The van der Waals surface area contributed by atoms with Gasteiger partial charge >= 0.3 is 0 Å². The lowest BCUT2D eigenvalue weighted by Gasteiger charge is -2.11. The summed E-state index contributed by atoms with van der Waals surface area (Å²) in [6, 6.07) is 3.75. The molecule has 0 spiro atoms. The van der Waals surface area contributed by atoms with E-state index in [0.29, 0.717) is 22.3 Å². The molecule has 0 fully saturated rings. The summed E-state index contributed by atoms with van der Waals surface area (Å²) in [5.74, 6) is 0.224. The molecule has 3 N–H and O–H groups in total. The van der Waals surface area contributed by atoms with Crippen LogP contribution in [0.4, 0.5) is 5.00 Å². The van der Waals surface area contributed by atoms with Crippen molar-refractivity contribution in [3.8, 4) is 11.4 Å². The lowest BCUT2D eigenvalue weighted by molar-refractivity contribution is -0.113. The van der Waals surface area contributed by atoms with Crippen LogP contribution in [-0.4, -0.2) is 37.3 Å². The molecule has 0 radical (unpaired) electrons. The standard InChI is InChI=1S/C20H22N6O2S2/c1-2-26-18(12-7-9-22-10-8-12)24-25-20(26)29-11-15(27)23-19-16(17(21)28)13-5-3-4-6-14(13)30-19/h7-10H,2-6,11H2,1H3,(H2,21,28)(H,23,27). The van der Waals surface area contributed by atoms with E-state index in [0.717, 1.165) is 47.5 Å². The largest absolute Gasteiger partial charge is 0.365 e. The molecule has 1 aliphatic carbocycles. The molecule has 4 rings (SSSR count). The summed E-state index contributed by atoms with van der Waals surface area (Å²) in [5.41, 5.74) is 8.01. The molecule has 1 aliphatic rings. The molecule has 0 atom stereocenters. The number of rotatable bonds is 7. The molecule has 0 aliphatic heterocycles. The Labute approximate surface area is 182 Å². The van der Waals surface area contributed by atoms with Crippen LogP contribution in [0.25, 0.3) is 11.4 Å². The van der Waals surface area contributed by atoms with Crippen LogP contribution in [0.3, 0.4) is 0 Å². The Morgan fingerprint density at radius 2 is 2.00 bits per heavy atom. The van der Waals surface area contributed by atoms with Crippen molar-refractivity contribution in [3.05, 3.63) is 40.5 Å². The number of carbonyl (C=O) groups is 2. The molecular formula is C20H22N6O2S2. The number of thiophene rings is 1. The number of pyridine rings is 1. The molecule has 0 bridgehead atoms. The van der Waals surface area contributed by atoms with Gasteiger partial charge in [0.15, 0.2) is 11.0 Å². The number of primary amides is 1. The van der Waals surface area contributed by atoms with Crippen LogP contribution in [0, 0.1) is 0 Å². The lowest BCUT2D eigenvalue weighted by atomic mass is 9.95. The van der Waals surface area contributed by atoms with Crippen LogP contribution in [0.2, 0.25) is 0 Å². The Morgan fingerprint density at radius 1 is 1.23 bits per heavy atom. The summed E-state index contributed by atoms with van der Waals surface area (Å²) >= 11 is 2.78. The van der Waals surface area contributed by atoms with E-state index in [1.165, 1.54) is 23.1 Å². The Kier molecular flexibility index (Phi) is 6.14. The molecule has 0 unspecified atom stereocenters. The van der Waals surface area contributed by atoms with Crippen molar-refractivity contribution in [2.24, 2.45) is 5.73 Å². The molecule has 0 aromatic carbocycles. The molecule has 10 heteroatoms. The molecule has 3 heterocycles. The van der Waals surface area contributed by atoms with Crippen LogP contribution < -0.4 is 11.1 Å². The molecule has 0 saturated heterocycles. The third-order valence-corrected chi connectivity index (χ3v) is 7.15. The average Bonchev–Trinajstić information content (AvgIpc) is 3.33. The first-order chi connectivity index (χ1) is 14.6. The van der Waals surface area contributed by atoms with Gasteiger partial charge in [0.25, 0.3) is 5.91 Å². The first kappa shape index (κ1) is 20.5. The second-order valence-electron chi connectivity index (χ2n) is 6.90. The molecule has 2 amide bonds. The summed E-state index contributed by atoms with van der Waals surface area (Å²) in [7, 11) is 0. The topological polar surface area (TPSA) is 116 Å². The number of thioether (sulfide) groups is 1. The number of nitrogens with one attached hydrogen (secondary N) is 1. The summed E-state index contributed by atoms with van der Waals surface area (Å²) in [4.78, 5) is 29.8. The van der Waals surface area contributed by atoms with E-state index in [1.54, 1.807) is 12.4 Å². The maximum atomic E-state index is 12.6. The zero-order valence-electron chi connectivity index (χ0n) is 16.6. The number of fused-ring (bicyclic) bond motifs is 1. The summed E-state index contributed by atoms with van der Waals surface area (Å²) in [6.07, 6.45) is 7.33. The van der Waals surface area contributed by atoms with E-state index in [1.807, 2.05) is 23.6 Å². The quantitative estimate of drug-likeness (QED) is 0.543. The van der Waals surface area contributed by atoms with Crippen molar-refractivity contribution in [2.45, 2.75) is 44.3 Å². The predicted octanol–water partition coefficient (Wildman–Crippen LogP) is 3.13. The normalized spacial score (nSPS) is 13.1. The lowest BCUT2D eigenvalue weighted by Crippen LogP contribution is -2.19. The van der Waals surface area contributed by atoms with Crippen molar-refractivity contribution >= 4 is 39.9 Å². The fraction of sp³-hybridized carbons (Fsp3) is 0.350. The molecule has 3 aromatic rings. The number of nitrogens with zero attached hydrogens (tertiary/aromatic N) is 4.